The number of aryl methyl sites for hydroxylation is 1. The highest BCUT2D eigenvalue weighted by molar-refractivity contribution is 5.92. The maximum atomic E-state index is 12.8. The first-order valence-electron chi connectivity index (χ1n) is 7.32. The maximum Gasteiger partial charge on any atom is 0.238 e. The lowest BCUT2D eigenvalue weighted by atomic mass is 10.1. The summed E-state index contributed by atoms with van der Waals surface area (Å²) in [7, 11) is 1.90. The zero-order valence-corrected chi connectivity index (χ0v) is 13.0. The van der Waals surface area contributed by atoms with Gasteiger partial charge in [0.2, 0.25) is 5.91 Å². The fourth-order valence-electron chi connectivity index (χ4n) is 2.13. The van der Waals surface area contributed by atoms with Crippen LogP contribution in [0.1, 0.15) is 11.1 Å². The van der Waals surface area contributed by atoms with Gasteiger partial charge in [0.05, 0.1) is 6.54 Å². The molecule has 0 fully saturated rings. The van der Waals surface area contributed by atoms with Gasteiger partial charge in [0.1, 0.15) is 5.82 Å². The van der Waals surface area contributed by atoms with Crippen molar-refractivity contribution in [2.45, 2.75) is 13.3 Å². The van der Waals surface area contributed by atoms with E-state index < -0.39 is 0 Å². The van der Waals surface area contributed by atoms with Crippen molar-refractivity contribution in [1.82, 2.24) is 4.90 Å². The summed E-state index contributed by atoms with van der Waals surface area (Å²) >= 11 is 0. The standard InChI is InChI=1S/C18H21FN2O/c1-14-3-9-17(10-4-14)20-18(22)13-21(2)12-11-15-5-7-16(19)8-6-15/h3-10H,11-13H2,1-2H3,(H,20,22). The van der Waals surface area contributed by atoms with Crippen LogP contribution < -0.4 is 5.32 Å². The lowest BCUT2D eigenvalue weighted by Crippen LogP contribution is -2.31. The van der Waals surface area contributed by atoms with Crippen molar-refractivity contribution in [3.8, 4) is 0 Å². The van der Waals surface area contributed by atoms with Crippen LogP contribution in [0.5, 0.6) is 0 Å². The number of nitrogens with one attached hydrogen (secondary N) is 1. The molecule has 0 heterocycles. The maximum absolute atomic E-state index is 12.8. The lowest BCUT2D eigenvalue weighted by Gasteiger charge is -2.16. The third kappa shape index (κ3) is 5.30. The Morgan fingerprint density at radius 2 is 1.73 bits per heavy atom. The van der Waals surface area contributed by atoms with E-state index in [4.69, 9.17) is 0 Å². The number of carbonyl (C=O) groups is 1. The zero-order valence-electron chi connectivity index (χ0n) is 13.0. The van der Waals surface area contributed by atoms with E-state index in [-0.39, 0.29) is 11.7 Å². The Balaban J connectivity index is 1.76. The van der Waals surface area contributed by atoms with Crippen molar-refractivity contribution in [3.63, 3.8) is 0 Å². The quantitative estimate of drug-likeness (QED) is 0.888. The molecule has 0 saturated carbocycles. The third-order valence-corrected chi connectivity index (χ3v) is 3.44. The van der Waals surface area contributed by atoms with E-state index >= 15 is 0 Å². The van der Waals surface area contributed by atoms with Gasteiger partial charge in [0.15, 0.2) is 0 Å². The van der Waals surface area contributed by atoms with Gasteiger partial charge in [-0.1, -0.05) is 29.8 Å². The van der Waals surface area contributed by atoms with Crippen molar-refractivity contribution in [2.24, 2.45) is 0 Å². The van der Waals surface area contributed by atoms with E-state index in [2.05, 4.69) is 5.32 Å². The monoisotopic (exact) mass is 300 g/mol. The number of carbonyl (C=O) groups excluding carboxylic acids is 1. The minimum absolute atomic E-state index is 0.0366. The number of likely N-dealkylation sites (N-methyl/N-ethyl adjacent to an activating group) is 1. The Morgan fingerprint density at radius 3 is 2.36 bits per heavy atom. The molecule has 0 radical (unpaired) electrons. The minimum Gasteiger partial charge on any atom is -0.325 e. The van der Waals surface area contributed by atoms with Gasteiger partial charge in [-0.15, -0.1) is 0 Å². The number of nitrogens with zero attached hydrogens (tertiary/aromatic N) is 1. The molecule has 0 saturated heterocycles. The molecule has 116 valence electrons. The van der Waals surface area contributed by atoms with Crippen LogP contribution in [0.3, 0.4) is 0 Å². The average molecular weight is 300 g/mol. The molecule has 4 heteroatoms. The summed E-state index contributed by atoms with van der Waals surface area (Å²) in [5.41, 5.74) is 3.03. The Bertz CT molecular complexity index is 608. The first kappa shape index (κ1) is 16.2. The van der Waals surface area contributed by atoms with E-state index in [1.54, 1.807) is 12.1 Å². The van der Waals surface area contributed by atoms with Gasteiger partial charge in [-0.05, 0) is 50.2 Å². The lowest BCUT2D eigenvalue weighted by molar-refractivity contribution is -0.117. The highest BCUT2D eigenvalue weighted by Crippen LogP contribution is 2.08. The smallest absolute Gasteiger partial charge is 0.238 e. The van der Waals surface area contributed by atoms with E-state index in [1.807, 2.05) is 43.1 Å². The first-order chi connectivity index (χ1) is 10.5. The van der Waals surface area contributed by atoms with Gasteiger partial charge < -0.3 is 5.32 Å². The molecule has 1 N–H and O–H groups in total. The van der Waals surface area contributed by atoms with E-state index in [0.29, 0.717) is 6.54 Å². The Labute approximate surface area is 130 Å². The molecule has 0 aliphatic carbocycles. The van der Waals surface area contributed by atoms with Gasteiger partial charge in [-0.2, -0.15) is 0 Å². The molecule has 0 atom stereocenters. The Hall–Kier alpha value is -2.20. The second-order valence-corrected chi connectivity index (χ2v) is 5.53. The van der Waals surface area contributed by atoms with Gasteiger partial charge in [-0.3, -0.25) is 9.69 Å². The highest BCUT2D eigenvalue weighted by atomic mass is 19.1. The number of amides is 1. The zero-order chi connectivity index (χ0) is 15.9. The summed E-state index contributed by atoms with van der Waals surface area (Å²) in [6.45, 7) is 3.08. The van der Waals surface area contributed by atoms with E-state index in [9.17, 15) is 9.18 Å². The summed E-state index contributed by atoms with van der Waals surface area (Å²) < 4.78 is 12.8. The number of halogens is 1. The molecule has 3 nitrogen and oxygen atoms in total. The molecule has 0 spiro atoms. The molecule has 22 heavy (non-hydrogen) atoms. The number of benzene rings is 2. The first-order valence-corrected chi connectivity index (χ1v) is 7.32. The SMILES string of the molecule is Cc1ccc(NC(=O)CN(C)CCc2ccc(F)cc2)cc1. The van der Waals surface area contributed by atoms with E-state index in [0.717, 1.165) is 29.8 Å². The molecule has 0 aliphatic rings. The van der Waals surface area contributed by atoms with Crippen LogP contribution in [0.25, 0.3) is 0 Å². The number of anilines is 1. The normalized spacial score (nSPS) is 10.7. The molecule has 2 aromatic rings. The summed E-state index contributed by atoms with van der Waals surface area (Å²) in [5, 5.41) is 2.88. The van der Waals surface area contributed by atoms with Crippen molar-refractivity contribution < 1.29 is 9.18 Å². The Kier molecular flexibility index (Phi) is 5.67. The van der Waals surface area contributed by atoms with Crippen LogP contribution in [-0.4, -0.2) is 30.9 Å². The highest BCUT2D eigenvalue weighted by Gasteiger charge is 2.07. The molecule has 0 unspecified atom stereocenters. The van der Waals surface area contributed by atoms with Gasteiger partial charge in [-0.25, -0.2) is 4.39 Å². The van der Waals surface area contributed by atoms with Crippen molar-refractivity contribution in [2.75, 3.05) is 25.5 Å². The van der Waals surface area contributed by atoms with Gasteiger partial charge >= 0.3 is 0 Å². The molecule has 0 aromatic heterocycles. The summed E-state index contributed by atoms with van der Waals surface area (Å²) in [6.07, 6.45) is 0.786. The molecular formula is C18H21FN2O. The fourth-order valence-corrected chi connectivity index (χ4v) is 2.13. The van der Waals surface area contributed by atoms with Crippen LogP contribution in [-0.2, 0) is 11.2 Å². The average Bonchev–Trinajstić information content (AvgIpc) is 2.49. The predicted molar refractivity (Wildman–Crippen MR) is 87.4 cm³/mol. The largest absolute Gasteiger partial charge is 0.325 e. The molecule has 0 bridgehead atoms. The van der Waals surface area contributed by atoms with Gasteiger partial charge in [0.25, 0.3) is 0 Å². The second kappa shape index (κ2) is 7.71. The number of rotatable bonds is 6. The molecule has 0 aliphatic heterocycles. The summed E-state index contributed by atoms with van der Waals surface area (Å²) in [6, 6.07) is 14.2. The fraction of sp³-hybridized carbons (Fsp3) is 0.278. The van der Waals surface area contributed by atoms with Crippen LogP contribution in [0.15, 0.2) is 48.5 Å². The summed E-state index contributed by atoms with van der Waals surface area (Å²) in [5.74, 6) is -0.264. The second-order valence-electron chi connectivity index (χ2n) is 5.53. The topological polar surface area (TPSA) is 32.3 Å². The van der Waals surface area contributed by atoms with Crippen molar-refractivity contribution in [3.05, 3.63) is 65.5 Å². The molecular weight excluding hydrogens is 279 g/mol. The molecule has 2 rings (SSSR count). The van der Waals surface area contributed by atoms with Crippen LogP contribution in [0, 0.1) is 12.7 Å². The van der Waals surface area contributed by atoms with Crippen molar-refractivity contribution >= 4 is 11.6 Å². The van der Waals surface area contributed by atoms with E-state index in [1.165, 1.54) is 12.1 Å². The molecule has 1 amide bonds. The van der Waals surface area contributed by atoms with Crippen molar-refractivity contribution in [1.29, 1.82) is 0 Å². The number of hydrogen-bond acceptors (Lipinski definition) is 2. The van der Waals surface area contributed by atoms with Crippen LogP contribution >= 0.6 is 0 Å². The Morgan fingerprint density at radius 1 is 1.09 bits per heavy atom. The number of hydrogen-bond donors (Lipinski definition) is 1. The predicted octanol–water partition coefficient (Wildman–Crippen LogP) is 3.25. The third-order valence-electron chi connectivity index (χ3n) is 3.44. The minimum atomic E-state index is -0.227. The summed E-state index contributed by atoms with van der Waals surface area (Å²) in [4.78, 5) is 13.9. The van der Waals surface area contributed by atoms with Crippen LogP contribution in [0.4, 0.5) is 10.1 Å². The molecule has 2 aromatic carbocycles. The van der Waals surface area contributed by atoms with Crippen LogP contribution in [0.2, 0.25) is 0 Å². The van der Waals surface area contributed by atoms with Gasteiger partial charge in [0, 0.05) is 12.2 Å².